The third-order valence-electron chi connectivity index (χ3n) is 4.68. The highest BCUT2D eigenvalue weighted by Gasteiger charge is 2.34. The van der Waals surface area contributed by atoms with Gasteiger partial charge in [0.15, 0.2) is 0 Å². The summed E-state index contributed by atoms with van der Waals surface area (Å²) in [6.07, 6.45) is 0. The topological polar surface area (TPSA) is 58.6 Å². The highest BCUT2D eigenvalue weighted by molar-refractivity contribution is 8.00. The minimum atomic E-state index is -0.195. The van der Waals surface area contributed by atoms with E-state index >= 15 is 0 Å². The summed E-state index contributed by atoms with van der Waals surface area (Å²) >= 11 is 1.58. The Balaban J connectivity index is 1.55. The Morgan fingerprint density at radius 3 is 2.52 bits per heavy atom. The van der Waals surface area contributed by atoms with Gasteiger partial charge in [0, 0.05) is 16.9 Å². The van der Waals surface area contributed by atoms with Crippen LogP contribution in [-0.2, 0) is 4.79 Å². The molecule has 0 bridgehead atoms. The lowest BCUT2D eigenvalue weighted by atomic mass is 10.1. The monoisotopic (exact) mass is 404 g/mol. The zero-order chi connectivity index (χ0) is 20.2. The third kappa shape index (κ3) is 4.12. The number of nitrogens with one attached hydrogen (secondary N) is 1. The molecule has 146 valence electrons. The van der Waals surface area contributed by atoms with Gasteiger partial charge in [0.1, 0.15) is 11.1 Å². The van der Waals surface area contributed by atoms with Crippen LogP contribution in [0.5, 0.6) is 5.75 Å². The normalized spacial score (nSPS) is 16.0. The van der Waals surface area contributed by atoms with E-state index in [2.05, 4.69) is 5.32 Å². The molecule has 1 unspecified atom stereocenters. The van der Waals surface area contributed by atoms with Crippen molar-refractivity contribution in [3.8, 4) is 5.75 Å². The van der Waals surface area contributed by atoms with E-state index in [1.807, 2.05) is 59.5 Å². The van der Waals surface area contributed by atoms with Crippen LogP contribution in [0, 0.1) is 0 Å². The predicted molar refractivity (Wildman–Crippen MR) is 117 cm³/mol. The third-order valence-corrected chi connectivity index (χ3v) is 5.90. The van der Waals surface area contributed by atoms with Gasteiger partial charge in [0.2, 0.25) is 5.91 Å². The van der Waals surface area contributed by atoms with Crippen molar-refractivity contribution < 1.29 is 14.3 Å². The molecule has 2 amide bonds. The van der Waals surface area contributed by atoms with Crippen molar-refractivity contribution >= 4 is 35.0 Å². The molecule has 5 nitrogen and oxygen atoms in total. The Morgan fingerprint density at radius 2 is 1.79 bits per heavy atom. The summed E-state index contributed by atoms with van der Waals surface area (Å²) in [4.78, 5) is 26.9. The molecule has 1 N–H and O–H groups in total. The fraction of sp³-hybridized carbons (Fsp3) is 0.130. The molecule has 3 aromatic rings. The van der Waals surface area contributed by atoms with Crippen LogP contribution in [0.2, 0.25) is 0 Å². The van der Waals surface area contributed by atoms with Crippen LogP contribution in [-0.4, -0.2) is 24.7 Å². The highest BCUT2D eigenvalue weighted by atomic mass is 32.2. The minimum absolute atomic E-state index is 0.0823. The summed E-state index contributed by atoms with van der Waals surface area (Å²) in [6.45, 7) is 0. The molecule has 6 heteroatoms. The van der Waals surface area contributed by atoms with E-state index in [1.54, 1.807) is 43.1 Å². The summed E-state index contributed by atoms with van der Waals surface area (Å²) in [5.41, 5.74) is 3.08. The van der Waals surface area contributed by atoms with Crippen LogP contribution in [0.1, 0.15) is 21.3 Å². The largest absolute Gasteiger partial charge is 0.497 e. The zero-order valence-corrected chi connectivity index (χ0v) is 16.7. The Kier molecular flexibility index (Phi) is 5.53. The van der Waals surface area contributed by atoms with Crippen LogP contribution in [0.25, 0.3) is 0 Å². The first-order chi connectivity index (χ1) is 14.2. The molecule has 4 rings (SSSR count). The van der Waals surface area contributed by atoms with Gasteiger partial charge in [0.05, 0.1) is 12.9 Å². The van der Waals surface area contributed by atoms with Gasteiger partial charge in [-0.3, -0.25) is 14.5 Å². The molecule has 1 heterocycles. The van der Waals surface area contributed by atoms with Gasteiger partial charge >= 0.3 is 0 Å². The van der Waals surface area contributed by atoms with Crippen LogP contribution >= 0.6 is 11.8 Å². The fourth-order valence-electron chi connectivity index (χ4n) is 3.25. The first-order valence-electron chi connectivity index (χ1n) is 9.20. The van der Waals surface area contributed by atoms with E-state index in [0.717, 1.165) is 11.3 Å². The molecule has 0 aromatic heterocycles. The number of ether oxygens (including phenoxy) is 1. The van der Waals surface area contributed by atoms with E-state index in [-0.39, 0.29) is 17.2 Å². The van der Waals surface area contributed by atoms with Gasteiger partial charge in [-0.25, -0.2) is 0 Å². The van der Waals surface area contributed by atoms with Gasteiger partial charge in [-0.05, 0) is 54.1 Å². The van der Waals surface area contributed by atoms with Crippen molar-refractivity contribution in [2.45, 2.75) is 5.37 Å². The molecule has 29 heavy (non-hydrogen) atoms. The van der Waals surface area contributed by atoms with Gasteiger partial charge in [-0.15, -0.1) is 11.8 Å². The molecule has 0 saturated carbocycles. The number of amides is 2. The molecule has 1 saturated heterocycles. The summed E-state index contributed by atoms with van der Waals surface area (Å²) in [6, 6.07) is 24.3. The predicted octanol–water partition coefficient (Wildman–Crippen LogP) is 4.73. The Bertz CT molecular complexity index is 1020. The fourth-order valence-corrected chi connectivity index (χ4v) is 4.42. The van der Waals surface area contributed by atoms with Crippen LogP contribution in [0.3, 0.4) is 0 Å². The number of nitrogens with zero attached hydrogens (tertiary/aromatic N) is 1. The maximum atomic E-state index is 12.6. The molecule has 0 radical (unpaired) electrons. The van der Waals surface area contributed by atoms with Gasteiger partial charge in [-0.2, -0.15) is 0 Å². The molecule has 1 atom stereocenters. The van der Waals surface area contributed by atoms with E-state index in [1.165, 1.54) is 0 Å². The maximum absolute atomic E-state index is 12.6. The van der Waals surface area contributed by atoms with E-state index < -0.39 is 0 Å². The lowest BCUT2D eigenvalue weighted by molar-refractivity contribution is -0.115. The molecule has 1 fully saturated rings. The van der Waals surface area contributed by atoms with Gasteiger partial charge in [-0.1, -0.05) is 30.3 Å². The van der Waals surface area contributed by atoms with Crippen molar-refractivity contribution in [2.75, 3.05) is 23.1 Å². The molecule has 3 aromatic carbocycles. The minimum Gasteiger partial charge on any atom is -0.497 e. The van der Waals surface area contributed by atoms with Crippen molar-refractivity contribution in [1.29, 1.82) is 0 Å². The molecule has 1 aliphatic rings. The number of thioether (sulfide) groups is 1. The van der Waals surface area contributed by atoms with Crippen molar-refractivity contribution in [1.82, 2.24) is 0 Å². The number of hydrogen-bond donors (Lipinski definition) is 1. The van der Waals surface area contributed by atoms with E-state index in [4.69, 9.17) is 4.74 Å². The first kappa shape index (κ1) is 19.1. The van der Waals surface area contributed by atoms with Crippen LogP contribution in [0.15, 0.2) is 78.9 Å². The number of anilines is 2. The van der Waals surface area contributed by atoms with Crippen molar-refractivity contribution in [3.63, 3.8) is 0 Å². The number of carbonyl (C=O) groups excluding carboxylic acids is 2. The second-order valence-corrected chi connectivity index (χ2v) is 7.64. The molecule has 1 aliphatic heterocycles. The van der Waals surface area contributed by atoms with Crippen LogP contribution in [0.4, 0.5) is 11.4 Å². The standard InChI is InChI=1S/C23H20N2O3S/c1-28-20-12-10-16(11-13-20)22(27)24-18-7-5-6-17(14-18)23-25(21(26)15-29-23)19-8-3-2-4-9-19/h2-14,23H,15H2,1H3,(H,24,27). The van der Waals surface area contributed by atoms with Crippen LogP contribution < -0.4 is 15.0 Å². The number of carbonyl (C=O) groups is 2. The lowest BCUT2D eigenvalue weighted by Gasteiger charge is -2.24. The Hall–Kier alpha value is -3.25. The summed E-state index contributed by atoms with van der Waals surface area (Å²) in [5, 5.41) is 2.81. The number of methoxy groups -OCH3 is 1. The molecule has 0 aliphatic carbocycles. The molecular weight excluding hydrogens is 384 g/mol. The SMILES string of the molecule is COc1ccc(C(=O)Nc2cccc(C3SCC(=O)N3c3ccccc3)c2)cc1. The quantitative estimate of drug-likeness (QED) is 0.668. The van der Waals surface area contributed by atoms with Crippen molar-refractivity contribution in [2.24, 2.45) is 0 Å². The molecular formula is C23H20N2O3S. The second kappa shape index (κ2) is 8.41. The van der Waals surface area contributed by atoms with Crippen molar-refractivity contribution in [3.05, 3.63) is 90.0 Å². The van der Waals surface area contributed by atoms with Gasteiger partial charge < -0.3 is 10.1 Å². The number of rotatable bonds is 5. The summed E-state index contributed by atoms with van der Waals surface area (Å²) < 4.78 is 5.13. The number of benzene rings is 3. The maximum Gasteiger partial charge on any atom is 0.255 e. The second-order valence-electron chi connectivity index (χ2n) is 6.57. The highest BCUT2D eigenvalue weighted by Crippen LogP contribution is 2.42. The smallest absolute Gasteiger partial charge is 0.255 e. The lowest BCUT2D eigenvalue weighted by Crippen LogP contribution is -2.27. The zero-order valence-electron chi connectivity index (χ0n) is 15.9. The Morgan fingerprint density at radius 1 is 1.03 bits per heavy atom. The first-order valence-corrected chi connectivity index (χ1v) is 10.2. The van der Waals surface area contributed by atoms with E-state index in [9.17, 15) is 9.59 Å². The summed E-state index contributed by atoms with van der Waals surface area (Å²) in [7, 11) is 1.59. The average molecular weight is 404 g/mol. The molecule has 0 spiro atoms. The average Bonchev–Trinajstić information content (AvgIpc) is 3.16. The number of para-hydroxylation sites is 1. The summed E-state index contributed by atoms with van der Waals surface area (Å²) in [5.74, 6) is 1.02. The van der Waals surface area contributed by atoms with E-state index in [0.29, 0.717) is 22.8 Å². The van der Waals surface area contributed by atoms with Gasteiger partial charge in [0.25, 0.3) is 5.91 Å². The number of hydrogen-bond acceptors (Lipinski definition) is 4. The Labute approximate surface area is 173 Å².